The van der Waals surface area contributed by atoms with Crippen molar-refractivity contribution in [2.45, 2.75) is 6.92 Å². The molecule has 41 heavy (non-hydrogen) atoms. The van der Waals surface area contributed by atoms with E-state index < -0.39 is 0 Å². The van der Waals surface area contributed by atoms with Crippen LogP contribution in [0.25, 0.3) is 39.1 Å². The molecule has 0 saturated carbocycles. The minimum atomic E-state index is 0.318. The van der Waals surface area contributed by atoms with E-state index in [0.29, 0.717) is 17.9 Å². The molecule has 0 aliphatic carbocycles. The Morgan fingerprint density at radius 1 is 0.927 bits per heavy atom. The second kappa shape index (κ2) is 11.1. The van der Waals surface area contributed by atoms with Crippen molar-refractivity contribution in [1.29, 1.82) is 0 Å². The summed E-state index contributed by atoms with van der Waals surface area (Å²) in [6, 6.07) is 19.9. The summed E-state index contributed by atoms with van der Waals surface area (Å²) in [4.78, 5) is 17.7. The first-order valence-electron chi connectivity index (χ1n) is 13.5. The van der Waals surface area contributed by atoms with E-state index in [1.165, 1.54) is 0 Å². The quantitative estimate of drug-likeness (QED) is 0.253. The summed E-state index contributed by atoms with van der Waals surface area (Å²) in [6.07, 6.45) is 3.82. The molecule has 6 aromatic rings. The lowest BCUT2D eigenvalue weighted by atomic mass is 10.1. The molecule has 1 fully saturated rings. The number of imidazole rings is 1. The van der Waals surface area contributed by atoms with Crippen LogP contribution >= 0.6 is 11.3 Å². The van der Waals surface area contributed by atoms with E-state index >= 15 is 0 Å². The number of rotatable bonds is 8. The van der Waals surface area contributed by atoms with Crippen LogP contribution in [0.5, 0.6) is 0 Å². The SMILES string of the molecule is CCN1CCN(Nc2nccc(-c3c(-c4cccc(Nc5nnc(-c6ccccc6)o5)c4)nc4sccn34)n2)CC1. The highest BCUT2D eigenvalue weighted by Gasteiger charge is 2.21. The van der Waals surface area contributed by atoms with E-state index in [1.54, 1.807) is 17.5 Å². The number of fused-ring (bicyclic) bond motifs is 1. The van der Waals surface area contributed by atoms with Crippen molar-refractivity contribution in [3.63, 3.8) is 0 Å². The Bertz CT molecular complexity index is 1770. The van der Waals surface area contributed by atoms with Crippen molar-refractivity contribution >= 4 is 33.9 Å². The number of nitrogens with zero attached hydrogens (tertiary/aromatic N) is 8. The molecule has 1 saturated heterocycles. The van der Waals surface area contributed by atoms with E-state index in [0.717, 1.165) is 71.6 Å². The monoisotopic (exact) mass is 564 g/mol. The highest BCUT2D eigenvalue weighted by molar-refractivity contribution is 7.15. The van der Waals surface area contributed by atoms with E-state index in [9.17, 15) is 0 Å². The van der Waals surface area contributed by atoms with Crippen molar-refractivity contribution in [2.24, 2.45) is 0 Å². The number of aromatic nitrogens is 6. The topological polar surface area (TPSA) is 113 Å². The zero-order valence-electron chi connectivity index (χ0n) is 22.4. The Morgan fingerprint density at radius 2 is 1.78 bits per heavy atom. The van der Waals surface area contributed by atoms with Gasteiger partial charge in [-0.2, -0.15) is 0 Å². The van der Waals surface area contributed by atoms with Crippen LogP contribution in [0.15, 0.2) is 82.9 Å². The van der Waals surface area contributed by atoms with E-state index in [4.69, 9.17) is 14.4 Å². The first-order chi connectivity index (χ1) is 20.2. The summed E-state index contributed by atoms with van der Waals surface area (Å²) in [5, 5.41) is 15.8. The maximum atomic E-state index is 5.85. The molecule has 0 bridgehead atoms. The standard InChI is InChI=1S/C29H28N10OS/c1-2-37-13-15-38(16-14-37)36-27-30-12-11-23(32-27)25-24(33-29-39(25)17-18-41-29)21-9-6-10-22(19-21)31-28-35-34-26(40-28)20-7-4-3-5-8-20/h3-12,17-19H,2,13-16H2,1H3,(H,31,35)(H,30,32,36). The second-order valence-electron chi connectivity index (χ2n) is 9.65. The third-order valence-electron chi connectivity index (χ3n) is 7.07. The summed E-state index contributed by atoms with van der Waals surface area (Å²) in [7, 11) is 0. The number of anilines is 3. The van der Waals surface area contributed by atoms with Crippen molar-refractivity contribution in [3.05, 3.63) is 78.4 Å². The number of piperazine rings is 1. The highest BCUT2D eigenvalue weighted by atomic mass is 32.1. The number of hydrogen-bond donors (Lipinski definition) is 2. The molecule has 2 aromatic carbocycles. The van der Waals surface area contributed by atoms with Crippen LogP contribution < -0.4 is 10.7 Å². The molecule has 0 radical (unpaired) electrons. The molecular weight excluding hydrogens is 536 g/mol. The Hall–Kier alpha value is -4.65. The Morgan fingerprint density at radius 3 is 2.63 bits per heavy atom. The molecule has 11 nitrogen and oxygen atoms in total. The Labute approximate surface area is 240 Å². The van der Waals surface area contributed by atoms with Gasteiger partial charge in [0.15, 0.2) is 4.96 Å². The van der Waals surface area contributed by atoms with E-state index in [1.807, 2.05) is 72.2 Å². The number of hydrogen-bond acceptors (Lipinski definition) is 11. The second-order valence-corrected chi connectivity index (χ2v) is 10.5. The van der Waals surface area contributed by atoms with Crippen LogP contribution in [0.2, 0.25) is 0 Å². The van der Waals surface area contributed by atoms with Crippen molar-refractivity contribution < 1.29 is 4.42 Å². The summed E-state index contributed by atoms with van der Waals surface area (Å²) < 4.78 is 7.93. The molecule has 0 unspecified atom stereocenters. The lowest BCUT2D eigenvalue weighted by Crippen LogP contribution is -2.48. The van der Waals surface area contributed by atoms with Gasteiger partial charge in [-0.1, -0.05) is 42.4 Å². The third-order valence-corrected chi connectivity index (χ3v) is 7.83. The van der Waals surface area contributed by atoms with Crippen LogP contribution in [0.1, 0.15) is 6.92 Å². The summed E-state index contributed by atoms with van der Waals surface area (Å²) >= 11 is 1.59. The van der Waals surface area contributed by atoms with Gasteiger partial charge in [-0.05, 0) is 36.9 Å². The number of likely N-dealkylation sites (N-methyl/N-ethyl adjacent to an activating group) is 1. The number of hydrazine groups is 1. The van der Waals surface area contributed by atoms with Gasteiger partial charge in [0.1, 0.15) is 5.69 Å². The van der Waals surface area contributed by atoms with Crippen LogP contribution in [-0.4, -0.2) is 72.2 Å². The van der Waals surface area contributed by atoms with Gasteiger partial charge in [-0.3, -0.25) is 9.83 Å². The van der Waals surface area contributed by atoms with Gasteiger partial charge in [0.05, 0.1) is 11.4 Å². The van der Waals surface area contributed by atoms with Gasteiger partial charge in [-0.25, -0.2) is 20.0 Å². The van der Waals surface area contributed by atoms with Gasteiger partial charge >= 0.3 is 6.01 Å². The fraction of sp³-hybridized carbons (Fsp3) is 0.207. The zero-order chi connectivity index (χ0) is 27.6. The Kier molecular flexibility index (Phi) is 6.85. The largest absolute Gasteiger partial charge is 0.403 e. The molecule has 5 heterocycles. The fourth-order valence-corrected chi connectivity index (χ4v) is 5.65. The van der Waals surface area contributed by atoms with Crippen molar-refractivity contribution in [3.8, 4) is 34.1 Å². The van der Waals surface area contributed by atoms with E-state index in [2.05, 4.69) is 47.2 Å². The van der Waals surface area contributed by atoms with Crippen LogP contribution in [-0.2, 0) is 0 Å². The normalized spacial score (nSPS) is 14.5. The molecule has 0 amide bonds. The molecule has 1 aliphatic rings. The van der Waals surface area contributed by atoms with Crippen LogP contribution in [0, 0.1) is 0 Å². The molecule has 4 aromatic heterocycles. The third kappa shape index (κ3) is 5.27. The molecule has 7 rings (SSSR count). The number of benzene rings is 2. The molecule has 206 valence electrons. The minimum Gasteiger partial charge on any atom is -0.403 e. The Balaban J connectivity index is 1.17. The predicted octanol–water partition coefficient (Wildman–Crippen LogP) is 5.28. The summed E-state index contributed by atoms with van der Waals surface area (Å²) in [5.41, 5.74) is 8.54. The van der Waals surface area contributed by atoms with Crippen LogP contribution in [0.3, 0.4) is 0 Å². The van der Waals surface area contributed by atoms with Gasteiger partial charge in [-0.15, -0.1) is 16.4 Å². The van der Waals surface area contributed by atoms with Crippen LogP contribution in [0.4, 0.5) is 17.7 Å². The predicted molar refractivity (Wildman–Crippen MR) is 160 cm³/mol. The first kappa shape index (κ1) is 25.3. The highest BCUT2D eigenvalue weighted by Crippen LogP contribution is 2.35. The molecular formula is C29H28N10OS. The van der Waals surface area contributed by atoms with Gasteiger partial charge in [0.25, 0.3) is 0 Å². The maximum Gasteiger partial charge on any atom is 0.320 e. The van der Waals surface area contributed by atoms with Crippen molar-refractivity contribution in [1.82, 2.24) is 39.5 Å². The molecule has 12 heteroatoms. The molecule has 0 spiro atoms. The number of thiazole rings is 1. The fourth-order valence-electron chi connectivity index (χ4n) is 4.93. The number of nitrogens with one attached hydrogen (secondary N) is 2. The molecule has 2 N–H and O–H groups in total. The van der Waals surface area contributed by atoms with Gasteiger partial charge in [0, 0.05) is 60.8 Å². The smallest absolute Gasteiger partial charge is 0.320 e. The lowest BCUT2D eigenvalue weighted by molar-refractivity contribution is 0.158. The zero-order valence-corrected chi connectivity index (χ0v) is 23.3. The summed E-state index contributed by atoms with van der Waals surface area (Å²) in [6.45, 7) is 7.14. The summed E-state index contributed by atoms with van der Waals surface area (Å²) in [5.74, 6) is 1.03. The lowest BCUT2D eigenvalue weighted by Gasteiger charge is -2.33. The van der Waals surface area contributed by atoms with Crippen molar-refractivity contribution in [2.75, 3.05) is 43.5 Å². The first-order valence-corrected chi connectivity index (χ1v) is 14.4. The van der Waals surface area contributed by atoms with Gasteiger partial charge < -0.3 is 14.6 Å². The minimum absolute atomic E-state index is 0.318. The van der Waals surface area contributed by atoms with E-state index in [-0.39, 0.29) is 0 Å². The average Bonchev–Trinajstić information content (AvgIpc) is 3.75. The molecule has 1 aliphatic heterocycles. The van der Waals surface area contributed by atoms with Gasteiger partial charge in [0.2, 0.25) is 11.8 Å². The molecule has 0 atom stereocenters. The average molecular weight is 565 g/mol. The maximum absolute atomic E-state index is 5.85.